The van der Waals surface area contributed by atoms with Crippen LogP contribution in [0.4, 0.5) is 0 Å². The van der Waals surface area contributed by atoms with Gasteiger partial charge in [0.1, 0.15) is 0 Å². The molecule has 0 fully saturated rings. The van der Waals surface area contributed by atoms with Gasteiger partial charge < -0.3 is 0 Å². The van der Waals surface area contributed by atoms with Gasteiger partial charge in [0.25, 0.3) is 0 Å². The first-order valence-corrected chi connectivity index (χ1v) is 14.5. The van der Waals surface area contributed by atoms with Crippen molar-refractivity contribution in [2.75, 3.05) is 0 Å². The van der Waals surface area contributed by atoms with Gasteiger partial charge in [0.2, 0.25) is 0 Å². The van der Waals surface area contributed by atoms with Crippen molar-refractivity contribution in [3.8, 4) is 0 Å². The van der Waals surface area contributed by atoms with Crippen molar-refractivity contribution in [2.45, 2.75) is 57.5 Å². The van der Waals surface area contributed by atoms with Gasteiger partial charge in [0, 0.05) is 5.66 Å². The van der Waals surface area contributed by atoms with E-state index < -0.39 is 0 Å². The fourth-order valence-corrected chi connectivity index (χ4v) is 11.1. The van der Waals surface area contributed by atoms with Crippen molar-refractivity contribution in [3.05, 3.63) is 103 Å². The van der Waals surface area contributed by atoms with Gasteiger partial charge in [-0.3, -0.25) is 0 Å². The normalized spacial score (nSPS) is 16.6. The first-order valence-electron chi connectivity index (χ1n) is 13.1. The molecule has 0 radical (unpaired) electrons. The predicted octanol–water partition coefficient (Wildman–Crippen LogP) is 10.7. The molecule has 1 heteroatoms. The van der Waals surface area contributed by atoms with Crippen molar-refractivity contribution in [2.24, 2.45) is 0 Å². The highest BCUT2D eigenvalue weighted by atomic mass is 31.1. The largest absolute Gasteiger partial charge is 0.0840 e. The molecule has 1 aliphatic carbocycles. The van der Waals surface area contributed by atoms with E-state index in [1.807, 2.05) is 0 Å². The second-order valence-corrected chi connectivity index (χ2v) is 16.2. The maximum atomic E-state index is 2.49. The lowest BCUT2D eigenvalue weighted by molar-refractivity contribution is 0.702. The lowest BCUT2D eigenvalue weighted by Gasteiger charge is -2.46. The first-order chi connectivity index (χ1) is 17.1. The van der Waals surface area contributed by atoms with Crippen LogP contribution in [0.5, 0.6) is 0 Å². The van der Waals surface area contributed by atoms with Crippen molar-refractivity contribution in [3.63, 3.8) is 0 Å². The summed E-state index contributed by atoms with van der Waals surface area (Å²) in [6.45, 7) is 14.6. The summed E-state index contributed by atoms with van der Waals surface area (Å²) < 4.78 is 0. The summed E-state index contributed by atoms with van der Waals surface area (Å²) in [6, 6.07) is 29.5. The summed E-state index contributed by atoms with van der Waals surface area (Å²) in [5.74, 6) is 0. The molecule has 5 aromatic rings. The van der Waals surface area contributed by atoms with Crippen LogP contribution in [0.25, 0.3) is 48.7 Å². The fourth-order valence-electron chi connectivity index (χ4n) is 6.64. The maximum absolute atomic E-state index is 2.49. The molecular formula is C35H35P. The summed E-state index contributed by atoms with van der Waals surface area (Å²) >= 11 is 0. The minimum absolute atomic E-state index is 0.248. The van der Waals surface area contributed by atoms with Crippen LogP contribution in [-0.4, -0.2) is 16.0 Å². The highest BCUT2D eigenvalue weighted by Gasteiger charge is 2.41. The average molecular weight is 487 g/mol. The Morgan fingerprint density at radius 2 is 1.14 bits per heavy atom. The standard InChI is InChI=1S/C35H35P/c1-34(2,3)36(35(4,5)6)32-17-11-16-29(32)33-27-15-10-9-14-25(27)22-31-28(33)19-18-26-20-23-12-7-8-13-24(23)21-30(26)31/h7-22,32H,1-6H3. The van der Waals surface area contributed by atoms with E-state index in [0.717, 1.165) is 0 Å². The van der Waals surface area contributed by atoms with Crippen LogP contribution in [0, 0.1) is 0 Å². The van der Waals surface area contributed by atoms with Gasteiger partial charge in [0.15, 0.2) is 0 Å². The van der Waals surface area contributed by atoms with E-state index in [-0.39, 0.29) is 18.2 Å². The summed E-state index contributed by atoms with van der Waals surface area (Å²) in [7, 11) is -0.331. The zero-order valence-corrected chi connectivity index (χ0v) is 23.2. The monoisotopic (exact) mass is 486 g/mol. The Labute approximate surface area is 216 Å². The van der Waals surface area contributed by atoms with Crippen molar-refractivity contribution < 1.29 is 0 Å². The molecule has 1 unspecified atom stereocenters. The second-order valence-electron chi connectivity index (χ2n) is 12.2. The molecule has 0 aromatic heterocycles. The van der Waals surface area contributed by atoms with E-state index in [2.05, 4.69) is 139 Å². The lowest BCUT2D eigenvalue weighted by Crippen LogP contribution is -2.30. The number of hydrogen-bond acceptors (Lipinski definition) is 0. The van der Waals surface area contributed by atoms with E-state index in [1.165, 1.54) is 54.2 Å². The summed E-state index contributed by atoms with van der Waals surface area (Å²) in [5.41, 5.74) is 3.36. The van der Waals surface area contributed by atoms with Crippen LogP contribution < -0.4 is 0 Å². The van der Waals surface area contributed by atoms with Crippen LogP contribution in [0.3, 0.4) is 0 Å². The predicted molar refractivity (Wildman–Crippen MR) is 164 cm³/mol. The van der Waals surface area contributed by atoms with Crippen LogP contribution in [0.2, 0.25) is 0 Å². The van der Waals surface area contributed by atoms with Gasteiger partial charge in [-0.2, -0.15) is 0 Å². The molecule has 180 valence electrons. The van der Waals surface area contributed by atoms with Crippen LogP contribution in [-0.2, 0) is 0 Å². The number of benzene rings is 5. The third-order valence-electron chi connectivity index (χ3n) is 7.63. The summed E-state index contributed by atoms with van der Waals surface area (Å²) in [6.07, 6.45) is 7.21. The lowest BCUT2D eigenvalue weighted by atomic mass is 9.88. The molecule has 1 aliphatic rings. The minimum atomic E-state index is -0.331. The van der Waals surface area contributed by atoms with Gasteiger partial charge in [-0.15, -0.1) is 0 Å². The SMILES string of the molecule is CC(C)(C)P(C1C=CC=C1c1c2ccccc2cc2c1ccc1cc3ccccc3cc12)C(C)(C)C. The Kier molecular flexibility index (Phi) is 5.40. The molecule has 0 spiro atoms. The van der Waals surface area contributed by atoms with Gasteiger partial charge in [-0.25, -0.2) is 0 Å². The highest BCUT2D eigenvalue weighted by Crippen LogP contribution is 2.66. The summed E-state index contributed by atoms with van der Waals surface area (Å²) in [4.78, 5) is 0. The van der Waals surface area contributed by atoms with E-state index in [0.29, 0.717) is 5.66 Å². The minimum Gasteiger partial charge on any atom is -0.0840 e. The van der Waals surface area contributed by atoms with E-state index >= 15 is 0 Å². The molecule has 6 rings (SSSR count). The zero-order valence-electron chi connectivity index (χ0n) is 22.3. The number of allylic oxidation sites excluding steroid dienone is 4. The third-order valence-corrected chi connectivity index (χ3v) is 11.5. The number of hydrogen-bond donors (Lipinski definition) is 0. The molecule has 0 bridgehead atoms. The molecule has 0 aliphatic heterocycles. The Balaban J connectivity index is 1.68. The van der Waals surface area contributed by atoms with Crippen LogP contribution in [0.1, 0.15) is 47.1 Å². The maximum Gasteiger partial charge on any atom is 0.0240 e. The zero-order chi connectivity index (χ0) is 25.2. The van der Waals surface area contributed by atoms with E-state index in [4.69, 9.17) is 0 Å². The molecule has 0 saturated carbocycles. The molecule has 0 amide bonds. The molecule has 0 nitrogen and oxygen atoms in total. The summed E-state index contributed by atoms with van der Waals surface area (Å²) in [5, 5.41) is 11.2. The molecule has 5 aromatic carbocycles. The number of fused-ring (bicyclic) bond motifs is 5. The van der Waals surface area contributed by atoms with Gasteiger partial charge in [-0.05, 0) is 82.7 Å². The van der Waals surface area contributed by atoms with Gasteiger partial charge in [0.05, 0.1) is 0 Å². The Morgan fingerprint density at radius 1 is 0.556 bits per heavy atom. The molecule has 0 heterocycles. The Bertz CT molecular complexity index is 1690. The van der Waals surface area contributed by atoms with E-state index in [9.17, 15) is 0 Å². The van der Waals surface area contributed by atoms with Crippen LogP contribution >= 0.6 is 7.92 Å². The fraction of sp³-hybridized carbons (Fsp3) is 0.257. The molecular weight excluding hydrogens is 451 g/mol. The van der Waals surface area contributed by atoms with E-state index in [1.54, 1.807) is 0 Å². The molecule has 1 atom stereocenters. The van der Waals surface area contributed by atoms with Crippen LogP contribution in [0.15, 0.2) is 97.1 Å². The van der Waals surface area contributed by atoms with Crippen molar-refractivity contribution in [1.82, 2.24) is 0 Å². The first kappa shape index (κ1) is 23.4. The molecule has 36 heavy (non-hydrogen) atoms. The molecule has 0 saturated heterocycles. The quantitative estimate of drug-likeness (QED) is 0.132. The highest BCUT2D eigenvalue weighted by molar-refractivity contribution is 7.62. The Hall–Kier alpha value is -2.95. The average Bonchev–Trinajstić information content (AvgIpc) is 3.27. The Morgan fingerprint density at radius 3 is 1.83 bits per heavy atom. The topological polar surface area (TPSA) is 0 Å². The van der Waals surface area contributed by atoms with Gasteiger partial charge >= 0.3 is 0 Å². The van der Waals surface area contributed by atoms with Crippen molar-refractivity contribution >= 4 is 56.6 Å². The second kappa shape index (κ2) is 8.29. The van der Waals surface area contributed by atoms with Crippen molar-refractivity contribution in [1.29, 1.82) is 0 Å². The van der Waals surface area contributed by atoms with Gasteiger partial charge in [-0.1, -0.05) is 128 Å². The number of rotatable bonds is 2. The third kappa shape index (κ3) is 3.79. The smallest absolute Gasteiger partial charge is 0.0240 e. The molecule has 0 N–H and O–H groups in total.